The van der Waals surface area contributed by atoms with Crippen molar-refractivity contribution in [2.75, 3.05) is 52.9 Å². The Labute approximate surface area is 149 Å². The van der Waals surface area contributed by atoms with Gasteiger partial charge in [0.25, 0.3) is 0 Å². The van der Waals surface area contributed by atoms with E-state index >= 15 is 0 Å². The van der Waals surface area contributed by atoms with Crippen LogP contribution in [0.1, 0.15) is 12.5 Å². The van der Waals surface area contributed by atoms with E-state index in [2.05, 4.69) is 20.5 Å². The average molecular weight is 349 g/mol. The number of rotatable bonds is 6. The molecule has 0 aromatic heterocycles. The highest BCUT2D eigenvalue weighted by Crippen LogP contribution is 2.06. The molecule has 0 unspecified atom stereocenters. The van der Waals surface area contributed by atoms with Crippen LogP contribution in [0.4, 0.5) is 4.39 Å². The van der Waals surface area contributed by atoms with Gasteiger partial charge < -0.3 is 15.5 Å². The Kier molecular flexibility index (Phi) is 7.66. The van der Waals surface area contributed by atoms with Gasteiger partial charge in [-0.15, -0.1) is 0 Å². The van der Waals surface area contributed by atoms with Crippen molar-refractivity contribution in [1.29, 1.82) is 0 Å². The number of benzene rings is 1. The second-order valence-electron chi connectivity index (χ2n) is 6.11. The van der Waals surface area contributed by atoms with Crippen LogP contribution in [0.25, 0.3) is 0 Å². The van der Waals surface area contributed by atoms with Crippen LogP contribution in [0.5, 0.6) is 0 Å². The Balaban J connectivity index is 1.62. The molecule has 1 aromatic carbocycles. The Morgan fingerprint density at radius 3 is 2.48 bits per heavy atom. The van der Waals surface area contributed by atoms with Crippen molar-refractivity contribution in [3.05, 3.63) is 35.6 Å². The molecule has 2 rings (SSSR count). The quantitative estimate of drug-likeness (QED) is 0.586. The van der Waals surface area contributed by atoms with Gasteiger partial charge in [0.15, 0.2) is 5.96 Å². The Hall–Kier alpha value is -2.15. The van der Waals surface area contributed by atoms with Crippen molar-refractivity contribution in [2.45, 2.75) is 13.3 Å². The molecule has 0 spiro atoms. The molecule has 1 heterocycles. The first-order valence-corrected chi connectivity index (χ1v) is 8.76. The molecule has 1 aromatic rings. The van der Waals surface area contributed by atoms with Crippen molar-refractivity contribution in [3.63, 3.8) is 0 Å². The zero-order valence-corrected chi connectivity index (χ0v) is 15.1. The van der Waals surface area contributed by atoms with Crippen LogP contribution in [0, 0.1) is 5.82 Å². The normalized spacial score (nSPS) is 16.0. The summed E-state index contributed by atoms with van der Waals surface area (Å²) in [5.74, 6) is 0.702. The summed E-state index contributed by atoms with van der Waals surface area (Å²) in [5.41, 5.74) is 0.703. The summed E-state index contributed by atoms with van der Waals surface area (Å²) in [6, 6.07) is 6.82. The molecule has 1 aliphatic heterocycles. The van der Waals surface area contributed by atoms with Gasteiger partial charge in [-0.25, -0.2) is 4.39 Å². The van der Waals surface area contributed by atoms with Crippen LogP contribution < -0.4 is 10.6 Å². The van der Waals surface area contributed by atoms with Gasteiger partial charge in [0.05, 0.1) is 0 Å². The highest BCUT2D eigenvalue weighted by atomic mass is 19.1. The summed E-state index contributed by atoms with van der Waals surface area (Å²) in [7, 11) is 1.73. The number of piperazine rings is 1. The molecule has 7 heteroatoms. The summed E-state index contributed by atoms with van der Waals surface area (Å²) in [6.07, 6.45) is 0.611. The second kappa shape index (κ2) is 9.98. The van der Waals surface area contributed by atoms with E-state index in [9.17, 15) is 9.18 Å². The monoisotopic (exact) mass is 349 g/mol. The van der Waals surface area contributed by atoms with E-state index in [1.165, 1.54) is 6.07 Å². The first-order valence-electron chi connectivity index (χ1n) is 8.76. The topological polar surface area (TPSA) is 60.0 Å². The minimum Gasteiger partial charge on any atom is -0.356 e. The molecule has 0 radical (unpaired) electrons. The van der Waals surface area contributed by atoms with Crippen molar-refractivity contribution in [1.82, 2.24) is 20.4 Å². The molecule has 0 aliphatic carbocycles. The number of nitrogens with one attached hydrogen (secondary N) is 2. The fraction of sp³-hybridized carbons (Fsp3) is 0.556. The van der Waals surface area contributed by atoms with Crippen LogP contribution in [-0.2, 0) is 11.2 Å². The molecule has 1 saturated heterocycles. The van der Waals surface area contributed by atoms with Gasteiger partial charge in [-0.1, -0.05) is 18.2 Å². The van der Waals surface area contributed by atoms with Gasteiger partial charge in [-0.3, -0.25) is 14.7 Å². The van der Waals surface area contributed by atoms with Crippen LogP contribution in [0.3, 0.4) is 0 Å². The third kappa shape index (κ3) is 6.34. The average Bonchev–Trinajstić information content (AvgIpc) is 2.62. The second-order valence-corrected chi connectivity index (χ2v) is 6.11. The number of nitrogens with zero attached hydrogens (tertiary/aromatic N) is 3. The molecule has 1 fully saturated rings. The lowest BCUT2D eigenvalue weighted by Crippen LogP contribution is -2.50. The summed E-state index contributed by atoms with van der Waals surface area (Å²) >= 11 is 0. The number of aliphatic imine (C=N–C) groups is 1. The zero-order chi connectivity index (χ0) is 18.1. The predicted molar refractivity (Wildman–Crippen MR) is 98.2 cm³/mol. The predicted octanol–water partition coefficient (Wildman–Crippen LogP) is 0.697. The van der Waals surface area contributed by atoms with Gasteiger partial charge in [0.2, 0.25) is 5.91 Å². The van der Waals surface area contributed by atoms with Crippen molar-refractivity contribution < 1.29 is 9.18 Å². The van der Waals surface area contributed by atoms with Gasteiger partial charge in [0, 0.05) is 59.8 Å². The van der Waals surface area contributed by atoms with Crippen LogP contribution in [-0.4, -0.2) is 74.5 Å². The maximum atomic E-state index is 13.6. The smallest absolute Gasteiger partial charge is 0.219 e. The number of carbonyl (C=O) groups excluding carboxylic acids is 1. The molecule has 0 saturated carbocycles. The highest BCUT2D eigenvalue weighted by Gasteiger charge is 2.17. The van der Waals surface area contributed by atoms with E-state index in [4.69, 9.17) is 0 Å². The van der Waals surface area contributed by atoms with Crippen molar-refractivity contribution >= 4 is 11.9 Å². The molecular weight excluding hydrogens is 321 g/mol. The van der Waals surface area contributed by atoms with E-state index in [1.807, 2.05) is 11.0 Å². The van der Waals surface area contributed by atoms with Gasteiger partial charge >= 0.3 is 0 Å². The molecule has 1 amide bonds. The first kappa shape index (κ1) is 19.2. The van der Waals surface area contributed by atoms with Crippen LogP contribution >= 0.6 is 0 Å². The standard InChI is InChI=1S/C18H28FN5O/c1-15(25)24-13-11-23(12-14-24)10-9-22-18(20-2)21-8-7-16-5-3-4-6-17(16)19/h3-6H,7-14H2,1-2H3,(H2,20,21,22). The first-order chi connectivity index (χ1) is 12.1. The van der Waals surface area contributed by atoms with Gasteiger partial charge in [-0.05, 0) is 18.1 Å². The number of carbonyl (C=O) groups is 1. The third-order valence-electron chi connectivity index (χ3n) is 4.41. The van der Waals surface area contributed by atoms with Crippen LogP contribution in [0.2, 0.25) is 0 Å². The zero-order valence-electron chi connectivity index (χ0n) is 15.1. The molecule has 25 heavy (non-hydrogen) atoms. The highest BCUT2D eigenvalue weighted by molar-refractivity contribution is 5.79. The minimum absolute atomic E-state index is 0.150. The Morgan fingerprint density at radius 2 is 1.84 bits per heavy atom. The van der Waals surface area contributed by atoms with E-state index < -0.39 is 0 Å². The summed E-state index contributed by atoms with van der Waals surface area (Å²) in [5, 5.41) is 6.48. The van der Waals surface area contributed by atoms with Crippen LogP contribution in [0.15, 0.2) is 29.3 Å². The number of halogens is 1. The van der Waals surface area contributed by atoms with E-state index in [-0.39, 0.29) is 11.7 Å². The van der Waals surface area contributed by atoms with Gasteiger partial charge in [-0.2, -0.15) is 0 Å². The van der Waals surface area contributed by atoms with E-state index in [0.717, 1.165) is 45.2 Å². The largest absolute Gasteiger partial charge is 0.356 e. The molecule has 138 valence electrons. The Bertz CT molecular complexity index is 585. The lowest BCUT2D eigenvalue weighted by atomic mass is 10.1. The third-order valence-corrected chi connectivity index (χ3v) is 4.41. The SMILES string of the molecule is CN=C(NCCc1ccccc1F)NCCN1CCN(C(C)=O)CC1. The number of hydrogen-bond acceptors (Lipinski definition) is 3. The molecule has 1 aliphatic rings. The molecule has 0 atom stereocenters. The molecule has 0 bridgehead atoms. The number of hydrogen-bond donors (Lipinski definition) is 2. The summed E-state index contributed by atoms with van der Waals surface area (Å²) in [4.78, 5) is 19.7. The Morgan fingerprint density at radius 1 is 1.16 bits per heavy atom. The number of guanidine groups is 1. The molecule has 2 N–H and O–H groups in total. The number of amides is 1. The van der Waals surface area contributed by atoms with Crippen molar-refractivity contribution in [3.8, 4) is 0 Å². The lowest BCUT2D eigenvalue weighted by molar-refractivity contribution is -0.130. The molecule has 6 nitrogen and oxygen atoms in total. The van der Waals surface area contributed by atoms with E-state index in [1.54, 1.807) is 26.1 Å². The van der Waals surface area contributed by atoms with E-state index in [0.29, 0.717) is 18.5 Å². The lowest BCUT2D eigenvalue weighted by Gasteiger charge is -2.34. The maximum absolute atomic E-state index is 13.6. The maximum Gasteiger partial charge on any atom is 0.219 e. The van der Waals surface area contributed by atoms with Gasteiger partial charge in [0.1, 0.15) is 5.82 Å². The minimum atomic E-state index is -0.169. The molecular formula is C18H28FN5O. The summed E-state index contributed by atoms with van der Waals surface area (Å²) in [6.45, 7) is 7.32. The fourth-order valence-electron chi connectivity index (χ4n) is 2.86. The fourth-order valence-corrected chi connectivity index (χ4v) is 2.86. The van der Waals surface area contributed by atoms with Crippen molar-refractivity contribution in [2.24, 2.45) is 4.99 Å². The summed E-state index contributed by atoms with van der Waals surface area (Å²) < 4.78 is 13.6.